The first-order chi connectivity index (χ1) is 7.58. The van der Waals surface area contributed by atoms with Crippen LogP contribution in [0.5, 0.6) is 0 Å². The average Bonchev–Trinajstić information content (AvgIpc) is 2.92. The van der Waals surface area contributed by atoms with Gasteiger partial charge in [0.1, 0.15) is 0 Å². The summed E-state index contributed by atoms with van der Waals surface area (Å²) in [5.74, 6) is 0.515. The second-order valence-corrected chi connectivity index (χ2v) is 6.07. The van der Waals surface area contributed by atoms with Crippen LogP contribution < -0.4 is 10.2 Å². The van der Waals surface area contributed by atoms with Crippen molar-refractivity contribution in [2.45, 2.75) is 45.2 Å². The number of anilines is 1. The quantitative estimate of drug-likeness (QED) is 0.856. The molecule has 2 rings (SSSR count). The molecule has 3 nitrogen and oxygen atoms in total. The van der Waals surface area contributed by atoms with Gasteiger partial charge in [0, 0.05) is 31.6 Å². The average molecular weight is 239 g/mol. The van der Waals surface area contributed by atoms with E-state index < -0.39 is 0 Å². The van der Waals surface area contributed by atoms with Crippen LogP contribution in [0.25, 0.3) is 0 Å². The van der Waals surface area contributed by atoms with Gasteiger partial charge in [0.2, 0.25) is 0 Å². The molecule has 1 saturated carbocycles. The van der Waals surface area contributed by atoms with Crippen LogP contribution in [0.1, 0.15) is 43.2 Å². The Balaban J connectivity index is 2.11. The monoisotopic (exact) mass is 239 g/mol. The number of hydrogen-bond acceptors (Lipinski definition) is 4. The van der Waals surface area contributed by atoms with E-state index in [4.69, 9.17) is 4.98 Å². The maximum Gasteiger partial charge on any atom is 0.185 e. The molecule has 90 valence electrons. The van der Waals surface area contributed by atoms with Crippen molar-refractivity contribution in [3.8, 4) is 0 Å². The predicted molar refractivity (Wildman–Crippen MR) is 70.4 cm³/mol. The van der Waals surface area contributed by atoms with Gasteiger partial charge >= 0.3 is 0 Å². The molecule has 0 spiro atoms. The molecule has 0 aromatic carbocycles. The maximum absolute atomic E-state index is 4.71. The van der Waals surface area contributed by atoms with Gasteiger partial charge < -0.3 is 10.2 Å². The Kier molecular flexibility index (Phi) is 3.50. The van der Waals surface area contributed by atoms with Crippen molar-refractivity contribution in [3.63, 3.8) is 0 Å². The zero-order valence-electron chi connectivity index (χ0n) is 10.6. The molecule has 0 unspecified atom stereocenters. The van der Waals surface area contributed by atoms with Crippen molar-refractivity contribution in [1.29, 1.82) is 0 Å². The standard InChI is InChI=1S/C12H21N3S/c1-8(2)11-10(7-13-9-5-6-9)16-12(14-11)15(3)4/h8-9,13H,5-7H2,1-4H3. The minimum absolute atomic E-state index is 0.515. The normalized spacial score (nSPS) is 15.8. The second kappa shape index (κ2) is 4.72. The molecule has 16 heavy (non-hydrogen) atoms. The van der Waals surface area contributed by atoms with Gasteiger partial charge in [0.25, 0.3) is 0 Å². The topological polar surface area (TPSA) is 28.2 Å². The minimum atomic E-state index is 0.515. The van der Waals surface area contributed by atoms with Crippen LogP contribution in [0.2, 0.25) is 0 Å². The highest BCUT2D eigenvalue weighted by molar-refractivity contribution is 7.15. The summed E-state index contributed by atoms with van der Waals surface area (Å²) >= 11 is 1.82. The Morgan fingerprint density at radius 1 is 1.44 bits per heavy atom. The summed E-state index contributed by atoms with van der Waals surface area (Å²) in [4.78, 5) is 8.21. The van der Waals surface area contributed by atoms with Gasteiger partial charge in [-0.2, -0.15) is 0 Å². The Labute approximate surface area is 102 Å². The third-order valence-electron chi connectivity index (χ3n) is 2.77. The highest BCUT2D eigenvalue weighted by Crippen LogP contribution is 2.30. The van der Waals surface area contributed by atoms with Gasteiger partial charge in [-0.3, -0.25) is 0 Å². The highest BCUT2D eigenvalue weighted by atomic mass is 32.1. The lowest BCUT2D eigenvalue weighted by Crippen LogP contribution is -2.15. The Bertz CT molecular complexity index is 353. The smallest absolute Gasteiger partial charge is 0.185 e. The molecule has 4 heteroatoms. The first-order valence-corrected chi connectivity index (χ1v) is 6.80. The van der Waals surface area contributed by atoms with Gasteiger partial charge in [-0.05, 0) is 18.8 Å². The van der Waals surface area contributed by atoms with E-state index in [0.717, 1.165) is 17.7 Å². The number of nitrogens with one attached hydrogen (secondary N) is 1. The number of nitrogens with zero attached hydrogens (tertiary/aromatic N) is 2. The fraction of sp³-hybridized carbons (Fsp3) is 0.750. The molecule has 1 N–H and O–H groups in total. The lowest BCUT2D eigenvalue weighted by Gasteiger charge is -2.06. The van der Waals surface area contributed by atoms with Crippen LogP contribution in [0.4, 0.5) is 5.13 Å². The molecule has 1 aliphatic rings. The summed E-state index contributed by atoms with van der Waals surface area (Å²) in [5.41, 5.74) is 1.27. The fourth-order valence-corrected chi connectivity index (χ4v) is 2.73. The zero-order valence-corrected chi connectivity index (χ0v) is 11.4. The Morgan fingerprint density at radius 3 is 2.62 bits per heavy atom. The molecule has 1 heterocycles. The lowest BCUT2D eigenvalue weighted by molar-refractivity contribution is 0.681. The van der Waals surface area contributed by atoms with E-state index in [1.807, 2.05) is 11.3 Å². The first kappa shape index (κ1) is 11.9. The molecule has 1 fully saturated rings. The van der Waals surface area contributed by atoms with Gasteiger partial charge in [0.15, 0.2) is 5.13 Å². The van der Waals surface area contributed by atoms with Crippen LogP contribution >= 0.6 is 11.3 Å². The summed E-state index contributed by atoms with van der Waals surface area (Å²) in [7, 11) is 4.11. The van der Waals surface area contributed by atoms with Crippen LogP contribution in [0.15, 0.2) is 0 Å². The van der Waals surface area contributed by atoms with E-state index in [1.54, 1.807) is 0 Å². The van der Waals surface area contributed by atoms with E-state index in [1.165, 1.54) is 23.4 Å². The maximum atomic E-state index is 4.71. The molecule has 1 aromatic rings. The SMILES string of the molecule is CC(C)c1nc(N(C)C)sc1CNC1CC1. The van der Waals surface area contributed by atoms with E-state index >= 15 is 0 Å². The molecule has 1 aliphatic carbocycles. The summed E-state index contributed by atoms with van der Waals surface area (Å²) in [6, 6.07) is 0.768. The van der Waals surface area contributed by atoms with Gasteiger partial charge in [-0.1, -0.05) is 13.8 Å². The molecule has 0 aliphatic heterocycles. The summed E-state index contributed by atoms with van der Waals surface area (Å²) < 4.78 is 0. The molecule has 0 saturated heterocycles. The lowest BCUT2D eigenvalue weighted by atomic mass is 10.1. The van der Waals surface area contributed by atoms with Crippen molar-refractivity contribution in [1.82, 2.24) is 10.3 Å². The number of thiazole rings is 1. The van der Waals surface area contributed by atoms with Gasteiger partial charge in [0.05, 0.1) is 5.69 Å². The van der Waals surface area contributed by atoms with Crippen LogP contribution in [0, 0.1) is 0 Å². The molecular formula is C12H21N3S. The molecule has 0 atom stereocenters. The second-order valence-electron chi connectivity index (χ2n) is 5.01. The highest BCUT2D eigenvalue weighted by Gasteiger charge is 2.22. The number of aromatic nitrogens is 1. The number of hydrogen-bond donors (Lipinski definition) is 1. The molecule has 0 radical (unpaired) electrons. The van der Waals surface area contributed by atoms with Crippen molar-refractivity contribution in [2.75, 3.05) is 19.0 Å². The van der Waals surface area contributed by atoms with Crippen molar-refractivity contribution in [3.05, 3.63) is 10.6 Å². The molecular weight excluding hydrogens is 218 g/mol. The predicted octanol–water partition coefficient (Wildman–Crippen LogP) is 2.58. The first-order valence-electron chi connectivity index (χ1n) is 5.98. The Hall–Kier alpha value is -0.610. The minimum Gasteiger partial charge on any atom is -0.354 e. The van der Waals surface area contributed by atoms with Crippen LogP contribution in [0.3, 0.4) is 0 Å². The van der Waals surface area contributed by atoms with E-state index in [2.05, 4.69) is 38.2 Å². The van der Waals surface area contributed by atoms with E-state index in [-0.39, 0.29) is 0 Å². The summed E-state index contributed by atoms with van der Waals surface area (Å²) in [6.45, 7) is 5.42. The molecule has 0 amide bonds. The van der Waals surface area contributed by atoms with Crippen molar-refractivity contribution in [2.24, 2.45) is 0 Å². The summed E-state index contributed by atoms with van der Waals surface area (Å²) in [5, 5.41) is 4.69. The molecule has 0 bridgehead atoms. The van der Waals surface area contributed by atoms with E-state index in [0.29, 0.717) is 5.92 Å². The fourth-order valence-electron chi connectivity index (χ4n) is 1.64. The van der Waals surface area contributed by atoms with Crippen LogP contribution in [-0.4, -0.2) is 25.1 Å². The zero-order chi connectivity index (χ0) is 11.7. The third kappa shape index (κ3) is 2.74. The number of rotatable bonds is 5. The van der Waals surface area contributed by atoms with Crippen molar-refractivity contribution < 1.29 is 0 Å². The summed E-state index contributed by atoms with van der Waals surface area (Å²) in [6.07, 6.45) is 2.69. The third-order valence-corrected chi connectivity index (χ3v) is 4.01. The largest absolute Gasteiger partial charge is 0.354 e. The van der Waals surface area contributed by atoms with Gasteiger partial charge in [-0.15, -0.1) is 11.3 Å². The van der Waals surface area contributed by atoms with Crippen LogP contribution in [-0.2, 0) is 6.54 Å². The Morgan fingerprint density at radius 2 is 2.12 bits per heavy atom. The van der Waals surface area contributed by atoms with E-state index in [9.17, 15) is 0 Å². The molecule has 1 aromatic heterocycles. The van der Waals surface area contributed by atoms with Crippen molar-refractivity contribution >= 4 is 16.5 Å². The van der Waals surface area contributed by atoms with Gasteiger partial charge in [-0.25, -0.2) is 4.98 Å².